The zero-order valence-corrected chi connectivity index (χ0v) is 15.9. The Balaban J connectivity index is 1.72. The van der Waals surface area contributed by atoms with Gasteiger partial charge in [0, 0.05) is 12.5 Å². The van der Waals surface area contributed by atoms with E-state index in [0.717, 1.165) is 40.9 Å². The molecule has 0 aromatic carbocycles. The van der Waals surface area contributed by atoms with Gasteiger partial charge in [-0.25, -0.2) is 14.8 Å². The van der Waals surface area contributed by atoms with Crippen molar-refractivity contribution in [2.45, 2.75) is 51.6 Å². The summed E-state index contributed by atoms with van der Waals surface area (Å²) in [6.07, 6.45) is 3.62. The fourth-order valence-electron chi connectivity index (χ4n) is 3.70. The minimum Gasteiger partial charge on any atom is -0.465 e. The number of hydrogen-bond donors (Lipinski definition) is 2. The van der Waals surface area contributed by atoms with Crippen LogP contribution in [-0.4, -0.2) is 41.0 Å². The first-order valence-electron chi connectivity index (χ1n) is 8.90. The van der Waals surface area contributed by atoms with E-state index in [1.807, 2.05) is 13.8 Å². The Morgan fingerprint density at radius 2 is 2.04 bits per heavy atom. The molecular formula is C18H22N4O3S. The average molecular weight is 374 g/mol. The number of methoxy groups -OCH3 is 1. The van der Waals surface area contributed by atoms with Crippen LogP contribution < -0.4 is 10.6 Å². The number of piperidine rings is 1. The van der Waals surface area contributed by atoms with Crippen molar-refractivity contribution in [3.63, 3.8) is 0 Å². The molecule has 26 heavy (non-hydrogen) atoms. The van der Waals surface area contributed by atoms with E-state index >= 15 is 0 Å². The van der Waals surface area contributed by atoms with E-state index in [4.69, 9.17) is 4.74 Å². The smallest absolute Gasteiger partial charge is 0.348 e. The predicted octanol–water partition coefficient (Wildman–Crippen LogP) is 2.56. The highest BCUT2D eigenvalue weighted by Gasteiger charge is 2.40. The van der Waals surface area contributed by atoms with Gasteiger partial charge in [0.2, 0.25) is 5.91 Å². The summed E-state index contributed by atoms with van der Waals surface area (Å²) in [6, 6.07) is 0.277. The molecule has 3 heterocycles. The number of amides is 1. The van der Waals surface area contributed by atoms with E-state index in [-0.39, 0.29) is 24.0 Å². The molecular weight excluding hydrogens is 352 g/mol. The molecule has 0 spiro atoms. The number of thiophene rings is 1. The molecule has 2 fully saturated rings. The molecule has 2 unspecified atom stereocenters. The Morgan fingerprint density at radius 3 is 2.73 bits per heavy atom. The Bertz CT molecular complexity index is 890. The normalized spacial score (nSPS) is 23.0. The third-order valence-electron chi connectivity index (χ3n) is 5.17. The summed E-state index contributed by atoms with van der Waals surface area (Å²) < 4.78 is 4.89. The summed E-state index contributed by atoms with van der Waals surface area (Å²) in [5.74, 6) is 1.71. The minimum absolute atomic E-state index is 0.128. The zero-order chi connectivity index (χ0) is 18.4. The molecule has 1 aliphatic carbocycles. The fraction of sp³-hybridized carbons (Fsp3) is 0.556. The highest BCUT2D eigenvalue weighted by molar-refractivity contribution is 7.20. The maximum Gasteiger partial charge on any atom is 0.348 e. The van der Waals surface area contributed by atoms with E-state index in [1.54, 1.807) is 0 Å². The lowest BCUT2D eigenvalue weighted by atomic mass is 9.94. The summed E-state index contributed by atoms with van der Waals surface area (Å²) in [5, 5.41) is 7.57. The summed E-state index contributed by atoms with van der Waals surface area (Å²) in [7, 11) is 1.38. The van der Waals surface area contributed by atoms with Crippen molar-refractivity contribution >= 4 is 39.2 Å². The molecule has 2 N–H and O–H groups in total. The van der Waals surface area contributed by atoms with Gasteiger partial charge in [-0.05, 0) is 44.6 Å². The van der Waals surface area contributed by atoms with Gasteiger partial charge in [0.05, 0.1) is 18.5 Å². The average Bonchev–Trinajstić information content (AvgIpc) is 3.40. The molecule has 4 rings (SSSR count). The van der Waals surface area contributed by atoms with Gasteiger partial charge in [-0.2, -0.15) is 0 Å². The van der Waals surface area contributed by atoms with Gasteiger partial charge in [0.15, 0.2) is 0 Å². The standard InChI is InChI=1S/C18H22N4O3S/c1-8-13-16(19-9(2)20-17(13)26-15(8)18(24)25-3)21-11-6-7-12(23)22-14(11)10-4-5-10/h10-11,14H,4-7H2,1-3H3,(H,22,23)(H,19,20,21). The SMILES string of the molecule is COC(=O)c1sc2nc(C)nc(NC3CCC(=O)NC3C3CC3)c2c1C. The topological polar surface area (TPSA) is 93.2 Å². The van der Waals surface area contributed by atoms with Crippen LogP contribution in [0.4, 0.5) is 5.82 Å². The highest BCUT2D eigenvalue weighted by atomic mass is 32.1. The van der Waals surface area contributed by atoms with Crippen LogP contribution >= 0.6 is 11.3 Å². The first kappa shape index (κ1) is 17.2. The number of aromatic nitrogens is 2. The number of esters is 1. The van der Waals surface area contributed by atoms with Gasteiger partial charge in [-0.15, -0.1) is 11.3 Å². The molecule has 8 heteroatoms. The maximum atomic E-state index is 12.0. The Morgan fingerprint density at radius 1 is 1.27 bits per heavy atom. The minimum atomic E-state index is -0.352. The number of carbonyl (C=O) groups is 2. The van der Waals surface area contributed by atoms with E-state index in [1.165, 1.54) is 18.4 Å². The van der Waals surface area contributed by atoms with Crippen LogP contribution in [0, 0.1) is 19.8 Å². The van der Waals surface area contributed by atoms with Crippen LogP contribution in [0.5, 0.6) is 0 Å². The zero-order valence-electron chi connectivity index (χ0n) is 15.1. The van der Waals surface area contributed by atoms with Gasteiger partial charge in [0.1, 0.15) is 21.3 Å². The van der Waals surface area contributed by atoms with Crippen LogP contribution in [0.1, 0.15) is 46.7 Å². The van der Waals surface area contributed by atoms with Gasteiger partial charge < -0.3 is 15.4 Å². The largest absolute Gasteiger partial charge is 0.465 e. The van der Waals surface area contributed by atoms with Crippen molar-refractivity contribution in [3.05, 3.63) is 16.3 Å². The van der Waals surface area contributed by atoms with E-state index in [9.17, 15) is 9.59 Å². The molecule has 2 aliphatic rings. The number of carbonyl (C=O) groups excluding carboxylic acids is 2. The van der Waals surface area contributed by atoms with Crippen LogP contribution in [0.25, 0.3) is 10.2 Å². The third-order valence-corrected chi connectivity index (χ3v) is 6.33. The molecule has 138 valence electrons. The molecule has 0 radical (unpaired) electrons. The van der Waals surface area contributed by atoms with Crippen molar-refractivity contribution in [2.24, 2.45) is 5.92 Å². The number of aryl methyl sites for hydroxylation is 2. The quantitative estimate of drug-likeness (QED) is 0.799. The first-order valence-corrected chi connectivity index (χ1v) is 9.71. The van der Waals surface area contributed by atoms with Crippen LogP contribution in [-0.2, 0) is 9.53 Å². The Kier molecular flexibility index (Phi) is 4.30. The van der Waals surface area contributed by atoms with Crippen LogP contribution in [0.15, 0.2) is 0 Å². The molecule has 1 amide bonds. The number of ether oxygens (including phenoxy) is 1. The summed E-state index contributed by atoms with van der Waals surface area (Å²) in [5.41, 5.74) is 0.835. The van der Waals surface area contributed by atoms with Gasteiger partial charge in [-0.3, -0.25) is 4.79 Å². The van der Waals surface area contributed by atoms with Crippen molar-refractivity contribution in [2.75, 3.05) is 12.4 Å². The van der Waals surface area contributed by atoms with E-state index < -0.39 is 0 Å². The summed E-state index contributed by atoms with van der Waals surface area (Å²) in [4.78, 5) is 34.3. The predicted molar refractivity (Wildman–Crippen MR) is 99.5 cm³/mol. The van der Waals surface area contributed by atoms with Crippen molar-refractivity contribution in [3.8, 4) is 0 Å². The van der Waals surface area contributed by atoms with Crippen molar-refractivity contribution in [1.29, 1.82) is 0 Å². The Labute approximate surface area is 155 Å². The highest BCUT2D eigenvalue weighted by Crippen LogP contribution is 2.39. The second kappa shape index (κ2) is 6.50. The number of hydrogen-bond acceptors (Lipinski definition) is 7. The van der Waals surface area contributed by atoms with Gasteiger partial charge in [-0.1, -0.05) is 0 Å². The number of fused-ring (bicyclic) bond motifs is 1. The van der Waals surface area contributed by atoms with Crippen molar-refractivity contribution < 1.29 is 14.3 Å². The lowest BCUT2D eigenvalue weighted by Crippen LogP contribution is -2.52. The molecule has 2 aromatic heterocycles. The summed E-state index contributed by atoms with van der Waals surface area (Å²) in [6.45, 7) is 3.74. The second-order valence-electron chi connectivity index (χ2n) is 7.07. The summed E-state index contributed by atoms with van der Waals surface area (Å²) >= 11 is 1.33. The molecule has 2 atom stereocenters. The number of nitrogens with zero attached hydrogens (tertiary/aromatic N) is 2. The third kappa shape index (κ3) is 3.02. The van der Waals surface area contributed by atoms with E-state index in [2.05, 4.69) is 20.6 Å². The Hall–Kier alpha value is -2.22. The van der Waals surface area contributed by atoms with Gasteiger partial charge in [0.25, 0.3) is 0 Å². The van der Waals surface area contributed by atoms with E-state index in [0.29, 0.717) is 23.0 Å². The molecule has 1 saturated heterocycles. The molecule has 7 nitrogen and oxygen atoms in total. The maximum absolute atomic E-state index is 12.0. The first-order chi connectivity index (χ1) is 12.5. The number of anilines is 1. The molecule has 1 aliphatic heterocycles. The number of nitrogens with one attached hydrogen (secondary N) is 2. The fourth-order valence-corrected chi connectivity index (χ4v) is 4.85. The molecule has 2 aromatic rings. The van der Waals surface area contributed by atoms with Crippen molar-refractivity contribution in [1.82, 2.24) is 15.3 Å². The van der Waals surface area contributed by atoms with Crippen LogP contribution in [0.3, 0.4) is 0 Å². The second-order valence-corrected chi connectivity index (χ2v) is 8.07. The molecule has 1 saturated carbocycles. The lowest BCUT2D eigenvalue weighted by molar-refractivity contribution is -0.123. The van der Waals surface area contributed by atoms with Crippen LogP contribution in [0.2, 0.25) is 0 Å². The lowest BCUT2D eigenvalue weighted by Gasteiger charge is -2.33. The molecule has 0 bridgehead atoms. The van der Waals surface area contributed by atoms with Gasteiger partial charge >= 0.3 is 5.97 Å². The number of rotatable bonds is 4. The monoisotopic (exact) mass is 374 g/mol.